The molecule has 1 amide bonds. The lowest BCUT2D eigenvalue weighted by molar-refractivity contribution is -0.121. The smallest absolute Gasteiger partial charge is 0.253 e. The van der Waals surface area contributed by atoms with Crippen LogP contribution in [0.2, 0.25) is 0 Å². The first-order chi connectivity index (χ1) is 16.1. The summed E-state index contributed by atoms with van der Waals surface area (Å²) in [4.78, 5) is 27.5. The number of ether oxygens (including phenoxy) is 3. The minimum absolute atomic E-state index is 0.119. The molecule has 0 aliphatic carbocycles. The van der Waals surface area contributed by atoms with Crippen molar-refractivity contribution < 1.29 is 19.0 Å². The van der Waals surface area contributed by atoms with E-state index in [4.69, 9.17) is 14.2 Å². The molecule has 0 radical (unpaired) electrons. The number of benzene rings is 1. The van der Waals surface area contributed by atoms with Crippen molar-refractivity contribution >= 4 is 11.6 Å². The van der Waals surface area contributed by atoms with Crippen LogP contribution in [0.3, 0.4) is 0 Å². The number of fused-ring (bicyclic) bond motifs is 1. The Labute approximate surface area is 187 Å². The first kappa shape index (κ1) is 21.7. The van der Waals surface area contributed by atoms with Crippen molar-refractivity contribution in [2.24, 2.45) is 0 Å². The maximum absolute atomic E-state index is 12.0. The quantitative estimate of drug-likeness (QED) is 0.362. The molecule has 0 spiro atoms. The summed E-state index contributed by atoms with van der Waals surface area (Å²) in [6.07, 6.45) is 2.69. The first-order valence-corrected chi connectivity index (χ1v) is 9.94. The van der Waals surface area contributed by atoms with E-state index in [9.17, 15) is 9.59 Å². The summed E-state index contributed by atoms with van der Waals surface area (Å²) in [6.45, 7) is 0.296. The zero-order valence-electron chi connectivity index (χ0n) is 18.0. The van der Waals surface area contributed by atoms with Crippen molar-refractivity contribution in [3.05, 3.63) is 59.3 Å². The first-order valence-electron chi connectivity index (χ1n) is 9.94. The van der Waals surface area contributed by atoms with E-state index >= 15 is 0 Å². The lowest BCUT2D eigenvalue weighted by Crippen LogP contribution is -2.34. The highest BCUT2D eigenvalue weighted by Gasteiger charge is 2.13. The van der Waals surface area contributed by atoms with Gasteiger partial charge in [0.25, 0.3) is 5.56 Å². The molecule has 3 heterocycles. The van der Waals surface area contributed by atoms with Crippen LogP contribution in [-0.4, -0.2) is 62.6 Å². The molecule has 12 nitrogen and oxygen atoms in total. The lowest BCUT2D eigenvalue weighted by Gasteiger charge is -2.09. The van der Waals surface area contributed by atoms with Gasteiger partial charge in [-0.05, 0) is 24.3 Å². The van der Waals surface area contributed by atoms with Crippen molar-refractivity contribution in [2.75, 3.05) is 27.4 Å². The van der Waals surface area contributed by atoms with Crippen LogP contribution in [0.4, 0.5) is 0 Å². The second-order valence-corrected chi connectivity index (χ2v) is 6.78. The summed E-state index contributed by atoms with van der Waals surface area (Å²) in [5.74, 6) is 1.67. The molecule has 12 heteroatoms. The molecule has 0 aliphatic rings. The van der Waals surface area contributed by atoms with Crippen LogP contribution in [0.5, 0.6) is 17.4 Å². The Morgan fingerprint density at radius 2 is 1.91 bits per heavy atom. The van der Waals surface area contributed by atoms with E-state index in [-0.39, 0.29) is 31.2 Å². The summed E-state index contributed by atoms with van der Waals surface area (Å²) < 4.78 is 19.1. The van der Waals surface area contributed by atoms with Gasteiger partial charge in [0.15, 0.2) is 23.0 Å². The monoisotopic (exact) mass is 451 g/mol. The standard InChI is InChI=1S/C21H21N7O5/c1-31-15-4-3-14(11-16(15)32-2)21-25-24-17-5-6-19(26-28(17)21)33-10-9-23-18(29)12-27-13-22-8-7-20(27)30/h3-8,11,13H,9-10,12H2,1-2H3,(H,23,29). The van der Waals surface area contributed by atoms with Crippen molar-refractivity contribution in [1.82, 2.24) is 34.7 Å². The molecule has 3 aromatic heterocycles. The van der Waals surface area contributed by atoms with Gasteiger partial charge in [0.05, 0.1) is 27.1 Å². The van der Waals surface area contributed by atoms with E-state index in [2.05, 4.69) is 25.6 Å². The molecule has 4 rings (SSSR count). The summed E-state index contributed by atoms with van der Waals surface area (Å²) in [5, 5.41) is 15.5. The SMILES string of the molecule is COc1ccc(-c2nnc3ccc(OCCNC(=O)Cn4cnccc4=O)nn23)cc1OC. The Bertz CT molecular complexity index is 1330. The van der Waals surface area contributed by atoms with Crippen LogP contribution in [0, 0.1) is 0 Å². The Morgan fingerprint density at radius 1 is 1.06 bits per heavy atom. The average Bonchev–Trinajstić information content (AvgIpc) is 3.26. The molecular weight excluding hydrogens is 430 g/mol. The zero-order valence-corrected chi connectivity index (χ0v) is 18.0. The van der Waals surface area contributed by atoms with E-state index in [0.717, 1.165) is 5.56 Å². The van der Waals surface area contributed by atoms with E-state index in [1.54, 1.807) is 43.0 Å². The van der Waals surface area contributed by atoms with Gasteiger partial charge in [-0.15, -0.1) is 15.3 Å². The molecule has 0 unspecified atom stereocenters. The topological polar surface area (TPSA) is 135 Å². The van der Waals surface area contributed by atoms with Crippen LogP contribution in [0.15, 0.2) is 53.7 Å². The third kappa shape index (κ3) is 4.89. The third-order valence-corrected chi connectivity index (χ3v) is 4.66. The number of aromatic nitrogens is 6. The number of hydrogen-bond acceptors (Lipinski definition) is 9. The van der Waals surface area contributed by atoms with Crippen molar-refractivity contribution in [2.45, 2.75) is 6.54 Å². The second kappa shape index (κ2) is 9.77. The Balaban J connectivity index is 1.40. The number of methoxy groups -OCH3 is 2. The van der Waals surface area contributed by atoms with E-state index in [1.807, 2.05) is 6.07 Å². The molecule has 0 aliphatic heterocycles. The van der Waals surface area contributed by atoms with Gasteiger partial charge < -0.3 is 19.5 Å². The molecule has 33 heavy (non-hydrogen) atoms. The number of carbonyl (C=O) groups is 1. The second-order valence-electron chi connectivity index (χ2n) is 6.78. The highest BCUT2D eigenvalue weighted by Crippen LogP contribution is 2.31. The van der Waals surface area contributed by atoms with Gasteiger partial charge in [0, 0.05) is 23.9 Å². The molecule has 0 saturated heterocycles. The van der Waals surface area contributed by atoms with Crippen molar-refractivity contribution in [1.29, 1.82) is 0 Å². The van der Waals surface area contributed by atoms with E-state index < -0.39 is 0 Å². The Hall–Kier alpha value is -4.48. The molecule has 0 saturated carbocycles. The summed E-state index contributed by atoms with van der Waals surface area (Å²) >= 11 is 0. The van der Waals surface area contributed by atoms with E-state index in [1.165, 1.54) is 23.2 Å². The zero-order chi connectivity index (χ0) is 23.2. The van der Waals surface area contributed by atoms with Crippen LogP contribution < -0.4 is 25.1 Å². The fourth-order valence-corrected chi connectivity index (χ4v) is 3.06. The van der Waals surface area contributed by atoms with Crippen LogP contribution in [0.25, 0.3) is 17.0 Å². The number of carbonyl (C=O) groups excluding carboxylic acids is 1. The molecule has 0 atom stereocenters. The largest absolute Gasteiger partial charge is 0.493 e. The van der Waals surface area contributed by atoms with Gasteiger partial charge >= 0.3 is 0 Å². The molecule has 170 valence electrons. The molecule has 1 N–H and O–H groups in total. The molecule has 0 bridgehead atoms. The normalized spacial score (nSPS) is 10.7. The Morgan fingerprint density at radius 3 is 2.70 bits per heavy atom. The lowest BCUT2D eigenvalue weighted by atomic mass is 10.2. The van der Waals surface area contributed by atoms with Crippen LogP contribution in [-0.2, 0) is 11.3 Å². The number of amides is 1. The van der Waals surface area contributed by atoms with Crippen LogP contribution >= 0.6 is 0 Å². The minimum atomic E-state index is -0.327. The molecule has 0 fully saturated rings. The van der Waals surface area contributed by atoms with E-state index in [0.29, 0.717) is 28.9 Å². The predicted octanol–water partition coefficient (Wildman–Crippen LogP) is 0.560. The number of nitrogens with zero attached hydrogens (tertiary/aromatic N) is 6. The number of hydrogen-bond donors (Lipinski definition) is 1. The van der Waals surface area contributed by atoms with Crippen LogP contribution in [0.1, 0.15) is 0 Å². The number of nitrogens with one attached hydrogen (secondary N) is 1. The Kier molecular flexibility index (Phi) is 6.43. The minimum Gasteiger partial charge on any atom is -0.493 e. The summed E-state index contributed by atoms with van der Waals surface area (Å²) in [6, 6.07) is 10.1. The highest BCUT2D eigenvalue weighted by atomic mass is 16.5. The van der Waals surface area contributed by atoms with Gasteiger partial charge in [0.2, 0.25) is 11.8 Å². The molecular formula is C21H21N7O5. The maximum Gasteiger partial charge on any atom is 0.253 e. The predicted molar refractivity (Wildman–Crippen MR) is 116 cm³/mol. The third-order valence-electron chi connectivity index (χ3n) is 4.66. The van der Waals surface area contributed by atoms with Gasteiger partial charge in [-0.3, -0.25) is 14.2 Å². The maximum atomic E-state index is 12.0. The van der Waals surface area contributed by atoms with Gasteiger partial charge in [0.1, 0.15) is 13.2 Å². The van der Waals surface area contributed by atoms with Crippen molar-refractivity contribution in [3.63, 3.8) is 0 Å². The highest BCUT2D eigenvalue weighted by molar-refractivity contribution is 5.75. The fraction of sp³-hybridized carbons (Fsp3) is 0.238. The summed E-state index contributed by atoms with van der Waals surface area (Å²) in [5.41, 5.74) is 0.984. The average molecular weight is 451 g/mol. The van der Waals surface area contributed by atoms with Gasteiger partial charge in [-0.1, -0.05) is 0 Å². The van der Waals surface area contributed by atoms with Gasteiger partial charge in [-0.2, -0.15) is 4.52 Å². The molecule has 4 aromatic rings. The number of rotatable bonds is 9. The molecule has 1 aromatic carbocycles. The summed E-state index contributed by atoms with van der Waals surface area (Å²) in [7, 11) is 3.12. The van der Waals surface area contributed by atoms with Crippen molar-refractivity contribution in [3.8, 4) is 28.8 Å². The van der Waals surface area contributed by atoms with Gasteiger partial charge in [-0.25, -0.2) is 4.98 Å². The fourth-order valence-electron chi connectivity index (χ4n) is 3.06.